The summed E-state index contributed by atoms with van der Waals surface area (Å²) >= 11 is 1.19. The lowest BCUT2D eigenvalue weighted by molar-refractivity contribution is -0.118. The summed E-state index contributed by atoms with van der Waals surface area (Å²) in [6, 6.07) is 11.4. The first-order chi connectivity index (χ1) is 11.6. The first-order valence-electron chi connectivity index (χ1n) is 7.92. The Hall–Kier alpha value is -2.40. The highest BCUT2D eigenvalue weighted by Crippen LogP contribution is 2.37. The van der Waals surface area contributed by atoms with Crippen molar-refractivity contribution in [1.29, 1.82) is 0 Å². The molecule has 0 bridgehead atoms. The first-order valence-corrected chi connectivity index (χ1v) is 8.74. The van der Waals surface area contributed by atoms with Gasteiger partial charge in [-0.05, 0) is 18.1 Å². The van der Waals surface area contributed by atoms with Gasteiger partial charge in [0.1, 0.15) is 4.88 Å². The molecule has 1 aromatic carbocycles. The van der Waals surface area contributed by atoms with E-state index < -0.39 is 5.97 Å². The van der Waals surface area contributed by atoms with Crippen molar-refractivity contribution in [3.63, 3.8) is 0 Å². The SMILES string of the molecule is C=CCN(C(=O)CCCC)c1cc(-c2ccccc2)sc1C(=O)O. The molecular formula is C19H21NO3S. The second-order valence-electron chi connectivity index (χ2n) is 5.39. The van der Waals surface area contributed by atoms with Crippen molar-refractivity contribution < 1.29 is 14.7 Å². The molecule has 1 heterocycles. The number of benzene rings is 1. The Bertz CT molecular complexity index is 721. The Kier molecular flexibility index (Phi) is 6.32. The van der Waals surface area contributed by atoms with Crippen molar-refractivity contribution in [2.75, 3.05) is 11.4 Å². The molecule has 126 valence electrons. The number of unbranched alkanes of at least 4 members (excludes halogenated alkanes) is 1. The molecule has 0 saturated carbocycles. The second kappa shape index (κ2) is 8.45. The number of anilines is 1. The molecule has 1 aromatic heterocycles. The van der Waals surface area contributed by atoms with Crippen LogP contribution >= 0.6 is 11.3 Å². The molecule has 1 amide bonds. The molecule has 0 radical (unpaired) electrons. The molecule has 0 saturated heterocycles. The predicted octanol–water partition coefficient (Wildman–Crippen LogP) is 4.82. The van der Waals surface area contributed by atoms with Gasteiger partial charge < -0.3 is 10.0 Å². The summed E-state index contributed by atoms with van der Waals surface area (Å²) in [5, 5.41) is 9.55. The molecule has 2 rings (SSSR count). The molecular weight excluding hydrogens is 322 g/mol. The first kappa shape index (κ1) is 17.9. The summed E-state index contributed by atoms with van der Waals surface area (Å²) in [5.41, 5.74) is 1.39. The lowest BCUT2D eigenvalue weighted by atomic mass is 10.1. The van der Waals surface area contributed by atoms with Crippen molar-refractivity contribution in [2.24, 2.45) is 0 Å². The van der Waals surface area contributed by atoms with Crippen LogP contribution in [-0.2, 0) is 4.79 Å². The number of nitrogens with zero attached hydrogens (tertiary/aromatic N) is 1. The van der Waals surface area contributed by atoms with Gasteiger partial charge in [-0.3, -0.25) is 4.79 Å². The fourth-order valence-electron chi connectivity index (χ4n) is 2.41. The van der Waals surface area contributed by atoms with E-state index in [0.717, 1.165) is 23.3 Å². The summed E-state index contributed by atoms with van der Waals surface area (Å²) in [5.74, 6) is -1.09. The lowest BCUT2D eigenvalue weighted by Crippen LogP contribution is -2.31. The third-order valence-corrected chi connectivity index (χ3v) is 4.77. The van der Waals surface area contributed by atoms with Gasteiger partial charge in [-0.2, -0.15) is 0 Å². The maximum atomic E-state index is 12.5. The number of aromatic carboxylic acids is 1. The zero-order chi connectivity index (χ0) is 17.5. The average Bonchev–Trinajstić information content (AvgIpc) is 3.03. The number of amides is 1. The Morgan fingerprint density at radius 2 is 2.00 bits per heavy atom. The number of carboxylic acids is 1. The van der Waals surface area contributed by atoms with Gasteiger partial charge in [0.15, 0.2) is 0 Å². The molecule has 0 atom stereocenters. The normalized spacial score (nSPS) is 10.4. The number of hydrogen-bond acceptors (Lipinski definition) is 3. The molecule has 0 unspecified atom stereocenters. The summed E-state index contributed by atoms with van der Waals surface area (Å²) in [7, 11) is 0. The van der Waals surface area contributed by atoms with Crippen molar-refractivity contribution >= 4 is 28.9 Å². The fourth-order valence-corrected chi connectivity index (χ4v) is 3.41. The number of thiophene rings is 1. The number of carbonyl (C=O) groups excluding carboxylic acids is 1. The number of carbonyl (C=O) groups is 2. The van der Waals surface area contributed by atoms with E-state index in [1.165, 1.54) is 16.2 Å². The molecule has 2 aromatic rings. The lowest BCUT2D eigenvalue weighted by Gasteiger charge is -2.20. The maximum Gasteiger partial charge on any atom is 0.348 e. The number of rotatable bonds is 8. The molecule has 5 heteroatoms. The summed E-state index contributed by atoms with van der Waals surface area (Å²) in [6.45, 7) is 6.01. The van der Waals surface area contributed by atoms with Crippen LogP contribution in [0.25, 0.3) is 10.4 Å². The van der Waals surface area contributed by atoms with Gasteiger partial charge >= 0.3 is 5.97 Å². The van der Waals surface area contributed by atoms with Crippen LogP contribution in [0.3, 0.4) is 0 Å². The highest BCUT2D eigenvalue weighted by atomic mass is 32.1. The van der Waals surface area contributed by atoms with E-state index in [4.69, 9.17) is 0 Å². The fraction of sp³-hybridized carbons (Fsp3) is 0.263. The number of carboxylic acid groups (broad SMARTS) is 1. The van der Waals surface area contributed by atoms with Crippen molar-refractivity contribution in [2.45, 2.75) is 26.2 Å². The number of hydrogen-bond donors (Lipinski definition) is 1. The minimum Gasteiger partial charge on any atom is -0.477 e. The standard InChI is InChI=1S/C19H21NO3S/c1-3-5-11-17(21)20(12-4-2)15-13-16(24-18(15)19(22)23)14-9-7-6-8-10-14/h4,6-10,13H,2-3,5,11-12H2,1H3,(H,22,23). The van der Waals surface area contributed by atoms with Gasteiger partial charge in [0.2, 0.25) is 5.91 Å². The molecule has 0 spiro atoms. The monoisotopic (exact) mass is 343 g/mol. The van der Waals surface area contributed by atoms with Gasteiger partial charge in [-0.1, -0.05) is 49.8 Å². The van der Waals surface area contributed by atoms with Gasteiger partial charge in [0, 0.05) is 17.8 Å². The maximum absolute atomic E-state index is 12.5. The third-order valence-electron chi connectivity index (χ3n) is 3.61. The zero-order valence-corrected chi connectivity index (χ0v) is 14.5. The predicted molar refractivity (Wildman–Crippen MR) is 98.8 cm³/mol. The highest BCUT2D eigenvalue weighted by molar-refractivity contribution is 7.18. The third kappa shape index (κ3) is 4.11. The molecule has 4 nitrogen and oxygen atoms in total. The van der Waals surface area contributed by atoms with E-state index in [0.29, 0.717) is 18.7 Å². The summed E-state index contributed by atoms with van der Waals surface area (Å²) in [6.07, 6.45) is 3.72. The van der Waals surface area contributed by atoms with Crippen LogP contribution in [0, 0.1) is 0 Å². The van der Waals surface area contributed by atoms with Crippen molar-refractivity contribution in [1.82, 2.24) is 0 Å². The second-order valence-corrected chi connectivity index (χ2v) is 6.44. The van der Waals surface area contributed by atoms with E-state index in [-0.39, 0.29) is 10.8 Å². The van der Waals surface area contributed by atoms with E-state index in [9.17, 15) is 14.7 Å². The molecule has 1 N–H and O–H groups in total. The van der Waals surface area contributed by atoms with Crippen LogP contribution in [0.2, 0.25) is 0 Å². The largest absolute Gasteiger partial charge is 0.477 e. The summed E-state index contributed by atoms with van der Waals surface area (Å²) in [4.78, 5) is 26.7. The van der Waals surface area contributed by atoms with Gasteiger partial charge in [-0.25, -0.2) is 4.79 Å². The quantitative estimate of drug-likeness (QED) is 0.699. The Balaban J connectivity index is 2.45. The van der Waals surface area contributed by atoms with Crippen LogP contribution in [-0.4, -0.2) is 23.5 Å². The van der Waals surface area contributed by atoms with Crippen LogP contribution < -0.4 is 4.90 Å². The zero-order valence-electron chi connectivity index (χ0n) is 13.7. The molecule has 0 fully saturated rings. The summed E-state index contributed by atoms with van der Waals surface area (Å²) < 4.78 is 0. The molecule has 24 heavy (non-hydrogen) atoms. The highest BCUT2D eigenvalue weighted by Gasteiger charge is 2.24. The van der Waals surface area contributed by atoms with E-state index in [1.54, 1.807) is 12.1 Å². The minimum absolute atomic E-state index is 0.0725. The topological polar surface area (TPSA) is 57.6 Å². The molecule has 0 aliphatic carbocycles. The Morgan fingerprint density at radius 1 is 1.29 bits per heavy atom. The Morgan fingerprint density at radius 3 is 2.58 bits per heavy atom. The van der Waals surface area contributed by atoms with E-state index in [2.05, 4.69) is 6.58 Å². The van der Waals surface area contributed by atoms with E-state index >= 15 is 0 Å². The van der Waals surface area contributed by atoms with E-state index in [1.807, 2.05) is 37.3 Å². The minimum atomic E-state index is -1.02. The van der Waals surface area contributed by atoms with Gasteiger partial charge in [0.05, 0.1) is 5.69 Å². The smallest absolute Gasteiger partial charge is 0.348 e. The van der Waals surface area contributed by atoms with Crippen molar-refractivity contribution in [3.05, 3.63) is 53.9 Å². The average molecular weight is 343 g/mol. The van der Waals surface area contributed by atoms with Crippen LogP contribution in [0.15, 0.2) is 49.1 Å². The van der Waals surface area contributed by atoms with Gasteiger partial charge in [-0.15, -0.1) is 17.9 Å². The van der Waals surface area contributed by atoms with Crippen LogP contribution in [0.5, 0.6) is 0 Å². The van der Waals surface area contributed by atoms with Crippen LogP contribution in [0.4, 0.5) is 5.69 Å². The van der Waals surface area contributed by atoms with Crippen LogP contribution in [0.1, 0.15) is 35.9 Å². The van der Waals surface area contributed by atoms with Gasteiger partial charge in [0.25, 0.3) is 0 Å². The molecule has 0 aliphatic rings. The Labute approximate surface area is 146 Å². The molecule has 0 aliphatic heterocycles. The van der Waals surface area contributed by atoms with Crippen molar-refractivity contribution in [3.8, 4) is 10.4 Å².